The lowest BCUT2D eigenvalue weighted by atomic mass is 9.82. The number of hydrogen-bond acceptors (Lipinski definition) is 7. The second-order valence-corrected chi connectivity index (χ2v) is 8.62. The fraction of sp³-hybridized carbons (Fsp3) is 0.529. The molecule has 8 nitrogen and oxygen atoms in total. The third-order valence-electron chi connectivity index (χ3n) is 4.53. The van der Waals surface area contributed by atoms with Gasteiger partial charge in [-0.25, -0.2) is 13.4 Å². The highest BCUT2D eigenvalue weighted by molar-refractivity contribution is 7.90. The van der Waals surface area contributed by atoms with Crippen molar-refractivity contribution in [2.24, 2.45) is 10.5 Å². The summed E-state index contributed by atoms with van der Waals surface area (Å²) in [5, 5.41) is 15.2. The number of carbonyl (C=O) groups is 1. The molecule has 1 aliphatic heterocycles. The van der Waals surface area contributed by atoms with Crippen LogP contribution in [0.3, 0.4) is 0 Å². The standard InChI is InChI=1S/C17H25N3O5S/c1-17(11-21)15(18-20(3)16(17)22)12-6-7-14(26(5,23)24)13(10-12)19(2)8-9-25-4/h6-7,10,21H,8-9,11H2,1-5H3. The first-order valence-corrected chi connectivity index (χ1v) is 9.98. The van der Waals surface area contributed by atoms with Crippen molar-refractivity contribution < 1.29 is 23.1 Å². The van der Waals surface area contributed by atoms with E-state index in [1.807, 2.05) is 0 Å². The lowest BCUT2D eigenvalue weighted by Gasteiger charge is -2.25. The van der Waals surface area contributed by atoms with Gasteiger partial charge in [0.15, 0.2) is 9.84 Å². The van der Waals surface area contributed by atoms with Gasteiger partial charge in [-0.2, -0.15) is 5.10 Å². The van der Waals surface area contributed by atoms with Crippen molar-refractivity contribution in [2.45, 2.75) is 11.8 Å². The number of aliphatic hydroxyl groups is 1. The summed E-state index contributed by atoms with van der Waals surface area (Å²) in [6, 6.07) is 4.81. The van der Waals surface area contributed by atoms with Crippen LogP contribution in [-0.2, 0) is 19.4 Å². The molecule has 2 rings (SSSR count). The maximum Gasteiger partial charge on any atom is 0.256 e. The van der Waals surface area contributed by atoms with Gasteiger partial charge in [0, 0.05) is 39.6 Å². The van der Waals surface area contributed by atoms with Crippen LogP contribution in [0.2, 0.25) is 0 Å². The largest absolute Gasteiger partial charge is 0.395 e. The topological polar surface area (TPSA) is 99.5 Å². The molecule has 0 fully saturated rings. The lowest BCUT2D eigenvalue weighted by Crippen LogP contribution is -2.39. The Kier molecular flexibility index (Phi) is 5.74. The molecule has 0 aromatic heterocycles. The van der Waals surface area contributed by atoms with E-state index in [4.69, 9.17) is 4.74 Å². The zero-order valence-electron chi connectivity index (χ0n) is 15.7. The first kappa shape index (κ1) is 20.3. The number of anilines is 1. The monoisotopic (exact) mass is 383 g/mol. The minimum absolute atomic E-state index is 0.184. The van der Waals surface area contributed by atoms with Crippen LogP contribution in [0.15, 0.2) is 28.2 Å². The van der Waals surface area contributed by atoms with Gasteiger partial charge in [0.05, 0.1) is 29.5 Å². The van der Waals surface area contributed by atoms with E-state index in [0.29, 0.717) is 30.1 Å². The molecule has 0 saturated heterocycles. The van der Waals surface area contributed by atoms with E-state index in [1.54, 1.807) is 38.1 Å². The van der Waals surface area contributed by atoms with Gasteiger partial charge in [0.1, 0.15) is 5.41 Å². The summed E-state index contributed by atoms with van der Waals surface area (Å²) in [5.41, 5.74) is 0.330. The van der Waals surface area contributed by atoms with Crippen molar-refractivity contribution in [3.63, 3.8) is 0 Å². The molecule has 1 N–H and O–H groups in total. The van der Waals surface area contributed by atoms with Crippen molar-refractivity contribution in [1.82, 2.24) is 5.01 Å². The summed E-state index contributed by atoms with van der Waals surface area (Å²) >= 11 is 0. The number of benzene rings is 1. The molecule has 1 amide bonds. The van der Waals surface area contributed by atoms with E-state index < -0.39 is 21.9 Å². The van der Waals surface area contributed by atoms with Crippen LogP contribution in [0.1, 0.15) is 12.5 Å². The maximum atomic E-state index is 12.4. The van der Waals surface area contributed by atoms with Crippen LogP contribution in [0.25, 0.3) is 0 Å². The summed E-state index contributed by atoms with van der Waals surface area (Å²) in [5.74, 6) is -0.309. The van der Waals surface area contributed by atoms with Crippen LogP contribution < -0.4 is 4.90 Å². The van der Waals surface area contributed by atoms with Crippen molar-refractivity contribution in [2.75, 3.05) is 52.1 Å². The molecule has 144 valence electrons. The summed E-state index contributed by atoms with van der Waals surface area (Å²) < 4.78 is 29.4. The number of sulfone groups is 1. The highest BCUT2D eigenvalue weighted by atomic mass is 32.2. The summed E-state index contributed by atoms with van der Waals surface area (Å²) in [6.07, 6.45) is 1.15. The fourth-order valence-corrected chi connectivity index (χ4v) is 3.82. The highest BCUT2D eigenvalue weighted by Gasteiger charge is 2.46. The smallest absolute Gasteiger partial charge is 0.256 e. The van der Waals surface area contributed by atoms with E-state index in [9.17, 15) is 18.3 Å². The number of methoxy groups -OCH3 is 1. The Morgan fingerprint density at radius 2 is 2.04 bits per heavy atom. The Bertz CT molecular complexity index is 837. The number of hydrogen-bond donors (Lipinski definition) is 1. The second-order valence-electron chi connectivity index (χ2n) is 6.64. The average molecular weight is 383 g/mol. The van der Waals surface area contributed by atoms with Gasteiger partial charge in [0.2, 0.25) is 0 Å². The number of nitrogens with zero attached hydrogens (tertiary/aromatic N) is 3. The molecule has 1 aromatic carbocycles. The summed E-state index contributed by atoms with van der Waals surface area (Å²) in [6.45, 7) is 2.15. The third-order valence-corrected chi connectivity index (χ3v) is 5.67. The molecule has 0 saturated carbocycles. The first-order valence-electron chi connectivity index (χ1n) is 8.09. The van der Waals surface area contributed by atoms with Crippen molar-refractivity contribution in [3.8, 4) is 0 Å². The Morgan fingerprint density at radius 3 is 2.58 bits per heavy atom. The van der Waals surface area contributed by atoms with Gasteiger partial charge in [-0.05, 0) is 19.1 Å². The summed E-state index contributed by atoms with van der Waals surface area (Å²) in [4.78, 5) is 14.3. The molecule has 26 heavy (non-hydrogen) atoms. The van der Waals surface area contributed by atoms with E-state index in [0.717, 1.165) is 6.26 Å². The van der Waals surface area contributed by atoms with Crippen molar-refractivity contribution in [1.29, 1.82) is 0 Å². The Balaban J connectivity index is 2.59. The Hall–Kier alpha value is -1.97. The van der Waals surface area contributed by atoms with E-state index in [-0.39, 0.29) is 10.8 Å². The molecule has 1 atom stereocenters. The second kappa shape index (κ2) is 7.34. The zero-order valence-corrected chi connectivity index (χ0v) is 16.5. The Labute approximate surface area is 154 Å². The summed E-state index contributed by atoms with van der Waals surface area (Å²) in [7, 11) is 1.42. The van der Waals surface area contributed by atoms with E-state index in [1.165, 1.54) is 18.1 Å². The first-order chi connectivity index (χ1) is 12.1. The van der Waals surface area contributed by atoms with E-state index in [2.05, 4.69) is 5.10 Å². The molecule has 1 heterocycles. The quantitative estimate of drug-likeness (QED) is 0.729. The third kappa shape index (κ3) is 3.60. The number of aliphatic hydroxyl groups excluding tert-OH is 1. The number of amides is 1. The number of carbonyl (C=O) groups excluding carboxylic acids is 1. The molecule has 0 bridgehead atoms. The van der Waals surface area contributed by atoms with Gasteiger partial charge in [-0.3, -0.25) is 4.79 Å². The maximum absolute atomic E-state index is 12.4. The van der Waals surface area contributed by atoms with Crippen molar-refractivity contribution >= 4 is 27.1 Å². The van der Waals surface area contributed by atoms with Gasteiger partial charge in [-0.15, -0.1) is 0 Å². The van der Waals surface area contributed by atoms with Gasteiger partial charge < -0.3 is 14.7 Å². The van der Waals surface area contributed by atoms with Crippen LogP contribution in [-0.4, -0.2) is 77.4 Å². The number of hydrazone groups is 1. The van der Waals surface area contributed by atoms with Crippen LogP contribution in [0, 0.1) is 5.41 Å². The number of rotatable bonds is 7. The van der Waals surface area contributed by atoms with Gasteiger partial charge >= 0.3 is 0 Å². The fourth-order valence-electron chi connectivity index (χ4n) is 2.91. The predicted octanol–water partition coefficient (Wildman–Crippen LogP) is 0.347. The molecule has 0 aliphatic carbocycles. The molecule has 0 radical (unpaired) electrons. The van der Waals surface area contributed by atoms with E-state index >= 15 is 0 Å². The normalized spacial score (nSPS) is 20.5. The molecule has 1 aromatic rings. The molecule has 1 aliphatic rings. The van der Waals surface area contributed by atoms with Crippen LogP contribution >= 0.6 is 0 Å². The SMILES string of the molecule is COCCN(C)c1cc(C2=NN(C)C(=O)C2(C)CO)ccc1S(C)(=O)=O. The molecular weight excluding hydrogens is 358 g/mol. The average Bonchev–Trinajstić information content (AvgIpc) is 2.83. The zero-order chi connectivity index (χ0) is 19.7. The minimum Gasteiger partial charge on any atom is -0.395 e. The highest BCUT2D eigenvalue weighted by Crippen LogP contribution is 2.34. The van der Waals surface area contributed by atoms with Gasteiger partial charge in [0.25, 0.3) is 5.91 Å². The Morgan fingerprint density at radius 1 is 1.38 bits per heavy atom. The van der Waals surface area contributed by atoms with Crippen LogP contribution in [0.4, 0.5) is 5.69 Å². The lowest BCUT2D eigenvalue weighted by molar-refractivity contribution is -0.135. The molecule has 9 heteroatoms. The van der Waals surface area contributed by atoms with Crippen molar-refractivity contribution in [3.05, 3.63) is 23.8 Å². The molecule has 1 unspecified atom stereocenters. The van der Waals surface area contributed by atoms with Gasteiger partial charge in [-0.1, -0.05) is 6.07 Å². The minimum atomic E-state index is -3.45. The van der Waals surface area contributed by atoms with Crippen LogP contribution in [0.5, 0.6) is 0 Å². The molecular formula is C17H25N3O5S. The predicted molar refractivity (Wildman–Crippen MR) is 99.2 cm³/mol. The number of likely N-dealkylation sites (N-methyl/N-ethyl adjacent to an activating group) is 1. The number of ether oxygens (including phenoxy) is 1. The molecule has 0 spiro atoms.